The molecule has 0 aliphatic carbocycles. The van der Waals surface area contributed by atoms with Gasteiger partial charge in [-0.2, -0.15) is 0 Å². The van der Waals surface area contributed by atoms with Gasteiger partial charge in [0.25, 0.3) is 0 Å². The third kappa shape index (κ3) is 2.12. The summed E-state index contributed by atoms with van der Waals surface area (Å²) in [6.07, 6.45) is 0.174. The summed E-state index contributed by atoms with van der Waals surface area (Å²) in [7, 11) is 0. The van der Waals surface area contributed by atoms with Crippen molar-refractivity contribution in [3.8, 4) is 0 Å². The Morgan fingerprint density at radius 1 is 0.950 bits per heavy atom. The van der Waals surface area contributed by atoms with Crippen molar-refractivity contribution in [1.82, 2.24) is 0 Å². The number of esters is 1. The summed E-state index contributed by atoms with van der Waals surface area (Å²) in [6, 6.07) is 9.84. The van der Waals surface area contributed by atoms with E-state index in [1.165, 1.54) is 0 Å². The predicted octanol–water partition coefficient (Wildman–Crippen LogP) is 1.57. The molecule has 0 amide bonds. The van der Waals surface area contributed by atoms with E-state index in [0.717, 1.165) is 5.56 Å². The van der Waals surface area contributed by atoms with E-state index in [4.69, 9.17) is 18.9 Å². The Labute approximate surface area is 116 Å². The van der Waals surface area contributed by atoms with E-state index in [0.29, 0.717) is 19.4 Å². The summed E-state index contributed by atoms with van der Waals surface area (Å²) in [5.74, 6) is -0.181. The van der Waals surface area contributed by atoms with Crippen LogP contribution in [-0.4, -0.2) is 37.0 Å². The van der Waals surface area contributed by atoms with Gasteiger partial charge in [0.05, 0.1) is 19.1 Å². The molecule has 3 aliphatic rings. The highest BCUT2D eigenvalue weighted by molar-refractivity contribution is 5.72. The Balaban J connectivity index is 1.48. The lowest BCUT2D eigenvalue weighted by Crippen LogP contribution is -2.51. The van der Waals surface area contributed by atoms with Gasteiger partial charge in [-0.05, 0) is 0 Å². The Bertz CT molecular complexity index is 502. The lowest BCUT2D eigenvalue weighted by molar-refractivity contribution is -0.296. The van der Waals surface area contributed by atoms with Crippen LogP contribution in [0, 0.1) is 0 Å². The van der Waals surface area contributed by atoms with Crippen molar-refractivity contribution in [1.29, 1.82) is 0 Å². The van der Waals surface area contributed by atoms with Gasteiger partial charge in [-0.3, -0.25) is 4.79 Å². The summed E-state index contributed by atoms with van der Waals surface area (Å²) in [5.41, 5.74) is 0.997. The molecule has 3 aliphatic heterocycles. The average molecular weight is 276 g/mol. The van der Waals surface area contributed by atoms with Crippen LogP contribution >= 0.6 is 0 Å². The van der Waals surface area contributed by atoms with Crippen LogP contribution in [0.2, 0.25) is 0 Å². The highest BCUT2D eigenvalue weighted by Crippen LogP contribution is 2.37. The lowest BCUT2D eigenvalue weighted by atomic mass is 9.97. The van der Waals surface area contributed by atoms with Gasteiger partial charge in [-0.1, -0.05) is 30.3 Å². The van der Waals surface area contributed by atoms with Crippen LogP contribution in [0.1, 0.15) is 24.7 Å². The molecule has 0 saturated carbocycles. The molecule has 0 aromatic heterocycles. The number of fused-ring (bicyclic) bond motifs is 2. The van der Waals surface area contributed by atoms with Crippen LogP contribution in [0.4, 0.5) is 0 Å². The summed E-state index contributed by atoms with van der Waals surface area (Å²) in [5, 5.41) is 0. The van der Waals surface area contributed by atoms with E-state index in [9.17, 15) is 4.79 Å². The van der Waals surface area contributed by atoms with Crippen molar-refractivity contribution in [2.75, 3.05) is 6.61 Å². The SMILES string of the molecule is O=C1C[C@@H]2O[C@@H]3CO[C@H](c4ccccc4)O[C@@H]3C[C@@H]2O1. The number of carbonyl (C=O) groups is 1. The first-order chi connectivity index (χ1) is 9.79. The van der Waals surface area contributed by atoms with E-state index >= 15 is 0 Å². The number of hydrogen-bond donors (Lipinski definition) is 0. The van der Waals surface area contributed by atoms with Crippen LogP contribution in [0.5, 0.6) is 0 Å². The molecular weight excluding hydrogens is 260 g/mol. The molecule has 0 bridgehead atoms. The Hall–Kier alpha value is -1.43. The summed E-state index contributed by atoms with van der Waals surface area (Å²) < 4.78 is 22.9. The Morgan fingerprint density at radius 3 is 2.65 bits per heavy atom. The molecule has 1 aromatic rings. The predicted molar refractivity (Wildman–Crippen MR) is 67.8 cm³/mol. The summed E-state index contributed by atoms with van der Waals surface area (Å²) in [6.45, 7) is 0.488. The minimum absolute atomic E-state index is 0.0823. The fourth-order valence-corrected chi connectivity index (χ4v) is 3.07. The molecule has 5 heteroatoms. The van der Waals surface area contributed by atoms with Crippen molar-refractivity contribution < 1.29 is 23.7 Å². The number of rotatable bonds is 1. The number of carbonyl (C=O) groups excluding carboxylic acids is 1. The van der Waals surface area contributed by atoms with Crippen molar-refractivity contribution in [2.24, 2.45) is 0 Å². The molecule has 20 heavy (non-hydrogen) atoms. The van der Waals surface area contributed by atoms with Crippen LogP contribution < -0.4 is 0 Å². The van der Waals surface area contributed by atoms with Crippen molar-refractivity contribution >= 4 is 5.97 Å². The van der Waals surface area contributed by atoms with E-state index in [-0.39, 0.29) is 36.7 Å². The highest BCUT2D eigenvalue weighted by atomic mass is 16.7. The van der Waals surface area contributed by atoms with Gasteiger partial charge in [0.15, 0.2) is 6.29 Å². The van der Waals surface area contributed by atoms with Gasteiger partial charge < -0.3 is 18.9 Å². The smallest absolute Gasteiger partial charge is 0.308 e. The van der Waals surface area contributed by atoms with E-state index in [2.05, 4.69) is 0 Å². The molecule has 5 nitrogen and oxygen atoms in total. The number of hydrogen-bond acceptors (Lipinski definition) is 5. The van der Waals surface area contributed by atoms with Crippen LogP contribution in [0.15, 0.2) is 30.3 Å². The topological polar surface area (TPSA) is 54.0 Å². The quantitative estimate of drug-likeness (QED) is 0.729. The Kier molecular flexibility index (Phi) is 2.98. The zero-order chi connectivity index (χ0) is 13.5. The molecule has 0 N–H and O–H groups in total. The Morgan fingerprint density at radius 2 is 1.80 bits per heavy atom. The van der Waals surface area contributed by atoms with E-state index < -0.39 is 0 Å². The monoisotopic (exact) mass is 276 g/mol. The molecule has 4 rings (SSSR count). The molecule has 0 unspecified atom stereocenters. The zero-order valence-electron chi connectivity index (χ0n) is 10.9. The molecule has 3 heterocycles. The first-order valence-electron chi connectivity index (χ1n) is 6.96. The molecule has 0 radical (unpaired) electrons. The first kappa shape index (κ1) is 12.3. The maximum atomic E-state index is 11.3. The average Bonchev–Trinajstić information content (AvgIpc) is 2.84. The van der Waals surface area contributed by atoms with Crippen LogP contribution in [-0.2, 0) is 23.7 Å². The summed E-state index contributed by atoms with van der Waals surface area (Å²) >= 11 is 0. The van der Waals surface area contributed by atoms with Gasteiger partial charge in [-0.25, -0.2) is 0 Å². The number of ether oxygens (including phenoxy) is 4. The van der Waals surface area contributed by atoms with Gasteiger partial charge in [0, 0.05) is 12.0 Å². The minimum atomic E-state index is -0.366. The minimum Gasteiger partial charge on any atom is -0.459 e. The number of benzene rings is 1. The maximum Gasteiger partial charge on any atom is 0.308 e. The standard InChI is InChI=1S/C15H16O5/c16-14-7-12-10(19-14)6-11-13(18-12)8-17-15(20-11)9-4-2-1-3-5-9/h1-5,10-13,15H,6-8H2/t10-,11+,12-,13+,15-/m0/s1. The van der Waals surface area contributed by atoms with Crippen LogP contribution in [0.25, 0.3) is 0 Å². The highest BCUT2D eigenvalue weighted by Gasteiger charge is 2.48. The maximum absolute atomic E-state index is 11.3. The molecular formula is C15H16O5. The van der Waals surface area contributed by atoms with Crippen molar-refractivity contribution in [3.63, 3.8) is 0 Å². The first-order valence-corrected chi connectivity index (χ1v) is 6.96. The zero-order valence-corrected chi connectivity index (χ0v) is 10.9. The lowest BCUT2D eigenvalue weighted by Gasteiger charge is -2.42. The molecule has 106 valence electrons. The summed E-state index contributed by atoms with van der Waals surface area (Å²) in [4.78, 5) is 11.3. The molecule has 1 aromatic carbocycles. The van der Waals surface area contributed by atoms with Crippen LogP contribution in [0.3, 0.4) is 0 Å². The molecule has 0 spiro atoms. The fraction of sp³-hybridized carbons (Fsp3) is 0.533. The molecule has 3 saturated heterocycles. The van der Waals surface area contributed by atoms with Crippen molar-refractivity contribution in [3.05, 3.63) is 35.9 Å². The molecule has 3 fully saturated rings. The second-order valence-electron chi connectivity index (χ2n) is 5.43. The third-order valence-corrected chi connectivity index (χ3v) is 4.08. The normalized spacial score (nSPS) is 39.8. The second-order valence-corrected chi connectivity index (χ2v) is 5.43. The van der Waals surface area contributed by atoms with E-state index in [1.54, 1.807) is 0 Å². The van der Waals surface area contributed by atoms with Gasteiger partial charge in [0.2, 0.25) is 0 Å². The van der Waals surface area contributed by atoms with Crippen molar-refractivity contribution in [2.45, 2.75) is 43.5 Å². The van der Waals surface area contributed by atoms with E-state index in [1.807, 2.05) is 30.3 Å². The second kappa shape index (κ2) is 4.84. The van der Waals surface area contributed by atoms with Gasteiger partial charge >= 0.3 is 5.97 Å². The third-order valence-electron chi connectivity index (χ3n) is 4.08. The van der Waals surface area contributed by atoms with Gasteiger partial charge in [0.1, 0.15) is 18.3 Å². The fourth-order valence-electron chi connectivity index (χ4n) is 3.07. The largest absolute Gasteiger partial charge is 0.459 e. The van der Waals surface area contributed by atoms with Gasteiger partial charge in [-0.15, -0.1) is 0 Å². The molecule has 5 atom stereocenters.